The highest BCUT2D eigenvalue weighted by Crippen LogP contribution is 2.29. The molecule has 1 fully saturated rings. The van der Waals surface area contributed by atoms with E-state index in [2.05, 4.69) is 14.9 Å². The van der Waals surface area contributed by atoms with E-state index in [4.69, 9.17) is 16.3 Å². The van der Waals surface area contributed by atoms with E-state index in [1.165, 1.54) is 0 Å². The number of nitrogens with zero attached hydrogens (tertiary/aromatic N) is 3. The van der Waals surface area contributed by atoms with Gasteiger partial charge in [0.15, 0.2) is 0 Å². The molecule has 3 heterocycles. The van der Waals surface area contributed by atoms with E-state index in [1.54, 1.807) is 18.6 Å². The van der Waals surface area contributed by atoms with Crippen LogP contribution in [0.4, 0.5) is 5.69 Å². The van der Waals surface area contributed by atoms with Gasteiger partial charge in [-0.25, -0.2) is 0 Å². The third-order valence-corrected chi connectivity index (χ3v) is 4.35. The Morgan fingerprint density at radius 1 is 1.27 bits per heavy atom. The van der Waals surface area contributed by atoms with Gasteiger partial charge in [0.05, 0.1) is 17.3 Å². The quantitative estimate of drug-likeness (QED) is 0.861. The molecule has 0 saturated carbocycles. The number of hydrogen-bond donors (Lipinski definition) is 0. The first-order valence-electron chi connectivity index (χ1n) is 7.62. The van der Waals surface area contributed by atoms with E-state index in [0.717, 1.165) is 54.7 Å². The molecule has 0 atom stereocenters. The maximum Gasteiger partial charge on any atom is 0.122 e. The Morgan fingerprint density at radius 3 is 2.82 bits per heavy atom. The first-order valence-corrected chi connectivity index (χ1v) is 8.00. The summed E-state index contributed by atoms with van der Waals surface area (Å²) in [5.41, 5.74) is 2.07. The number of halogens is 1. The molecule has 2 aromatic rings. The number of anilines is 1. The van der Waals surface area contributed by atoms with Crippen LogP contribution in [-0.2, 0) is 0 Å². The van der Waals surface area contributed by atoms with E-state index in [9.17, 15) is 0 Å². The van der Waals surface area contributed by atoms with Crippen molar-refractivity contribution in [1.82, 2.24) is 9.97 Å². The molecule has 0 spiro atoms. The highest BCUT2D eigenvalue weighted by Gasteiger charge is 2.21. The van der Waals surface area contributed by atoms with Gasteiger partial charge in [0.1, 0.15) is 5.75 Å². The van der Waals surface area contributed by atoms with Crippen LogP contribution in [0.25, 0.3) is 0 Å². The van der Waals surface area contributed by atoms with Crippen LogP contribution in [0.2, 0.25) is 5.02 Å². The summed E-state index contributed by atoms with van der Waals surface area (Å²) < 4.78 is 5.90. The fraction of sp³-hybridized carbons (Fsp3) is 0.412. The monoisotopic (exact) mass is 317 g/mol. The van der Waals surface area contributed by atoms with Crippen LogP contribution in [0.3, 0.4) is 0 Å². The van der Waals surface area contributed by atoms with E-state index in [0.29, 0.717) is 5.92 Å². The highest BCUT2D eigenvalue weighted by molar-refractivity contribution is 6.33. The molecule has 0 N–H and O–H groups in total. The third kappa shape index (κ3) is 3.69. The molecule has 0 bridgehead atoms. The molecule has 1 aliphatic rings. The second kappa shape index (κ2) is 6.97. The Balaban J connectivity index is 1.51. The molecule has 0 radical (unpaired) electrons. The molecule has 3 rings (SSSR count). The van der Waals surface area contributed by atoms with Gasteiger partial charge < -0.3 is 9.64 Å². The minimum atomic E-state index is 0.588. The van der Waals surface area contributed by atoms with E-state index in [1.807, 2.05) is 25.1 Å². The van der Waals surface area contributed by atoms with Crippen molar-refractivity contribution in [3.63, 3.8) is 0 Å². The number of rotatable bonds is 4. The van der Waals surface area contributed by atoms with Crippen LogP contribution in [0.15, 0.2) is 36.8 Å². The predicted octanol–water partition coefficient (Wildman–Crippen LogP) is 3.73. The standard InChI is InChI=1S/C17H20ClN3O/c1-13-10-15(2-7-20-13)22-12-14-4-8-21(9-5-14)17-3-6-19-11-16(17)18/h2-3,6-7,10-11,14H,4-5,8-9,12H2,1H3. The number of ether oxygens (including phenoxy) is 1. The Bertz CT molecular complexity index is 627. The molecule has 1 saturated heterocycles. The highest BCUT2D eigenvalue weighted by atomic mass is 35.5. The van der Waals surface area contributed by atoms with Gasteiger partial charge in [-0.05, 0) is 37.8 Å². The summed E-state index contributed by atoms with van der Waals surface area (Å²) in [7, 11) is 0. The summed E-state index contributed by atoms with van der Waals surface area (Å²) in [6, 6.07) is 5.88. The molecular weight excluding hydrogens is 298 g/mol. The molecule has 0 aromatic carbocycles. The molecular formula is C17H20ClN3O. The summed E-state index contributed by atoms with van der Waals surface area (Å²) in [6.45, 7) is 4.76. The molecule has 5 heteroatoms. The van der Waals surface area contributed by atoms with Crippen LogP contribution in [-0.4, -0.2) is 29.7 Å². The van der Waals surface area contributed by atoms with Gasteiger partial charge in [-0.15, -0.1) is 0 Å². The largest absolute Gasteiger partial charge is 0.493 e. The van der Waals surface area contributed by atoms with Crippen molar-refractivity contribution in [2.45, 2.75) is 19.8 Å². The maximum absolute atomic E-state index is 6.22. The van der Waals surface area contributed by atoms with Crippen molar-refractivity contribution >= 4 is 17.3 Å². The summed E-state index contributed by atoms with van der Waals surface area (Å²) >= 11 is 6.22. The third-order valence-electron chi connectivity index (χ3n) is 4.06. The molecule has 0 unspecified atom stereocenters. The lowest BCUT2D eigenvalue weighted by Crippen LogP contribution is -2.35. The molecule has 0 amide bonds. The average Bonchev–Trinajstić information content (AvgIpc) is 2.54. The number of piperidine rings is 1. The first kappa shape index (κ1) is 15.1. The lowest BCUT2D eigenvalue weighted by atomic mass is 9.97. The molecule has 0 aliphatic carbocycles. The number of hydrogen-bond acceptors (Lipinski definition) is 4. The van der Waals surface area contributed by atoms with Gasteiger partial charge in [-0.1, -0.05) is 11.6 Å². The van der Waals surface area contributed by atoms with E-state index >= 15 is 0 Å². The minimum absolute atomic E-state index is 0.588. The summed E-state index contributed by atoms with van der Waals surface area (Å²) in [5.74, 6) is 1.50. The van der Waals surface area contributed by atoms with E-state index < -0.39 is 0 Å². The second-order valence-electron chi connectivity index (χ2n) is 5.70. The van der Waals surface area contributed by atoms with Crippen LogP contribution in [0, 0.1) is 12.8 Å². The second-order valence-corrected chi connectivity index (χ2v) is 6.11. The Morgan fingerprint density at radius 2 is 2.09 bits per heavy atom. The summed E-state index contributed by atoms with van der Waals surface area (Å²) in [5, 5.41) is 0.726. The van der Waals surface area contributed by atoms with Crippen LogP contribution in [0.5, 0.6) is 5.75 Å². The minimum Gasteiger partial charge on any atom is -0.493 e. The zero-order chi connectivity index (χ0) is 15.4. The summed E-state index contributed by atoms with van der Waals surface area (Å²) in [4.78, 5) is 10.6. The number of pyridine rings is 2. The Hall–Kier alpha value is -1.81. The smallest absolute Gasteiger partial charge is 0.122 e. The zero-order valence-corrected chi connectivity index (χ0v) is 13.5. The predicted molar refractivity (Wildman–Crippen MR) is 88.7 cm³/mol. The van der Waals surface area contributed by atoms with Crippen molar-refractivity contribution in [2.75, 3.05) is 24.6 Å². The Kier molecular flexibility index (Phi) is 4.78. The van der Waals surface area contributed by atoms with Crippen LogP contribution >= 0.6 is 11.6 Å². The van der Waals surface area contributed by atoms with Gasteiger partial charge in [0.2, 0.25) is 0 Å². The van der Waals surface area contributed by atoms with Gasteiger partial charge in [0.25, 0.3) is 0 Å². The topological polar surface area (TPSA) is 38.2 Å². The number of aryl methyl sites for hydroxylation is 1. The lowest BCUT2D eigenvalue weighted by molar-refractivity contribution is 0.222. The molecule has 116 valence electrons. The fourth-order valence-corrected chi connectivity index (χ4v) is 3.03. The van der Waals surface area contributed by atoms with Crippen molar-refractivity contribution in [3.05, 3.63) is 47.5 Å². The molecule has 22 heavy (non-hydrogen) atoms. The van der Waals surface area contributed by atoms with Gasteiger partial charge in [-0.2, -0.15) is 0 Å². The molecule has 1 aliphatic heterocycles. The van der Waals surface area contributed by atoms with E-state index in [-0.39, 0.29) is 0 Å². The fourth-order valence-electron chi connectivity index (χ4n) is 2.79. The van der Waals surface area contributed by atoms with Crippen molar-refractivity contribution < 1.29 is 4.74 Å². The normalized spacial score (nSPS) is 15.8. The van der Waals surface area contributed by atoms with Gasteiger partial charge >= 0.3 is 0 Å². The first-order chi connectivity index (χ1) is 10.7. The van der Waals surface area contributed by atoms with Crippen molar-refractivity contribution in [1.29, 1.82) is 0 Å². The van der Waals surface area contributed by atoms with Gasteiger partial charge in [0, 0.05) is 43.4 Å². The van der Waals surface area contributed by atoms with Crippen molar-refractivity contribution in [2.24, 2.45) is 5.92 Å². The van der Waals surface area contributed by atoms with Gasteiger partial charge in [-0.3, -0.25) is 9.97 Å². The SMILES string of the molecule is Cc1cc(OCC2CCN(c3ccncc3Cl)CC2)ccn1. The maximum atomic E-state index is 6.22. The molecule has 4 nitrogen and oxygen atoms in total. The average molecular weight is 318 g/mol. The zero-order valence-electron chi connectivity index (χ0n) is 12.7. The number of aromatic nitrogens is 2. The van der Waals surface area contributed by atoms with Crippen LogP contribution < -0.4 is 9.64 Å². The lowest BCUT2D eigenvalue weighted by Gasteiger charge is -2.33. The van der Waals surface area contributed by atoms with Crippen molar-refractivity contribution in [3.8, 4) is 5.75 Å². The van der Waals surface area contributed by atoms with Crippen LogP contribution in [0.1, 0.15) is 18.5 Å². The molecule has 2 aromatic heterocycles. The Labute approximate surface area is 136 Å². The summed E-state index contributed by atoms with van der Waals surface area (Å²) in [6.07, 6.45) is 7.52.